The van der Waals surface area contributed by atoms with E-state index < -0.39 is 0 Å². The Balaban J connectivity index is 1.85. The zero-order chi connectivity index (χ0) is 15.1. The molecule has 0 saturated carbocycles. The third-order valence-electron chi connectivity index (χ3n) is 3.50. The first-order valence-electron chi connectivity index (χ1n) is 7.78. The molecule has 1 aromatic heterocycles. The highest BCUT2D eigenvalue weighted by Crippen LogP contribution is 2.12. The van der Waals surface area contributed by atoms with Crippen molar-refractivity contribution in [2.75, 3.05) is 6.54 Å². The molecule has 1 aliphatic heterocycles. The molecule has 2 rings (SSSR count). The van der Waals surface area contributed by atoms with E-state index in [-0.39, 0.29) is 18.1 Å². The summed E-state index contributed by atoms with van der Waals surface area (Å²) in [6.07, 6.45) is 6.21. The Morgan fingerprint density at radius 3 is 3.14 bits per heavy atom. The summed E-state index contributed by atoms with van der Waals surface area (Å²) in [6, 6.07) is 3.72. The number of pyridine rings is 1. The zero-order valence-electron chi connectivity index (χ0n) is 12.9. The summed E-state index contributed by atoms with van der Waals surface area (Å²) in [6.45, 7) is 5.37. The first kappa shape index (κ1) is 15.8. The van der Waals surface area contributed by atoms with E-state index >= 15 is 0 Å². The van der Waals surface area contributed by atoms with E-state index in [0.717, 1.165) is 31.4 Å². The van der Waals surface area contributed by atoms with Crippen molar-refractivity contribution in [2.24, 2.45) is 0 Å². The van der Waals surface area contributed by atoms with Gasteiger partial charge in [0.15, 0.2) is 0 Å². The molecule has 1 aromatic rings. The fraction of sp³-hybridized carbons (Fsp3) is 0.625. The minimum absolute atomic E-state index is 0.0549. The summed E-state index contributed by atoms with van der Waals surface area (Å²) in [5, 5.41) is 6.30. The number of carbonyl (C=O) groups excluding carboxylic acids is 1. The maximum atomic E-state index is 12.2. The first-order valence-corrected chi connectivity index (χ1v) is 7.78. The zero-order valence-corrected chi connectivity index (χ0v) is 12.9. The van der Waals surface area contributed by atoms with Gasteiger partial charge in [0.25, 0.3) is 0 Å². The molecule has 0 aliphatic carbocycles. The number of rotatable bonds is 5. The Hall–Kier alpha value is -1.62. The third-order valence-corrected chi connectivity index (χ3v) is 3.50. The average molecular weight is 291 g/mol. The predicted molar refractivity (Wildman–Crippen MR) is 82.1 cm³/mol. The van der Waals surface area contributed by atoms with Gasteiger partial charge in [0.2, 0.25) is 11.8 Å². The molecule has 2 heterocycles. The quantitative estimate of drug-likeness (QED) is 0.871. The Morgan fingerprint density at radius 1 is 1.48 bits per heavy atom. The Kier molecular flexibility index (Phi) is 5.99. The highest BCUT2D eigenvalue weighted by atomic mass is 16.5. The van der Waals surface area contributed by atoms with E-state index in [4.69, 9.17) is 4.74 Å². The SMILES string of the molecule is CC(C)Oc1cc(CNC(=O)C2CCCCCN2)ccn1. The van der Waals surface area contributed by atoms with Crippen molar-refractivity contribution >= 4 is 5.91 Å². The van der Waals surface area contributed by atoms with Gasteiger partial charge in [-0.05, 0) is 44.9 Å². The number of aromatic nitrogens is 1. The van der Waals surface area contributed by atoms with Crippen molar-refractivity contribution in [1.29, 1.82) is 0 Å². The number of hydrogen-bond donors (Lipinski definition) is 2. The molecular weight excluding hydrogens is 266 g/mol. The van der Waals surface area contributed by atoms with Crippen LogP contribution in [0.25, 0.3) is 0 Å². The summed E-state index contributed by atoms with van der Waals surface area (Å²) >= 11 is 0. The van der Waals surface area contributed by atoms with Gasteiger partial charge in [-0.15, -0.1) is 0 Å². The lowest BCUT2D eigenvalue weighted by molar-refractivity contribution is -0.123. The van der Waals surface area contributed by atoms with Crippen LogP contribution < -0.4 is 15.4 Å². The summed E-state index contributed by atoms with van der Waals surface area (Å²) < 4.78 is 5.56. The first-order chi connectivity index (χ1) is 10.1. The Morgan fingerprint density at radius 2 is 2.33 bits per heavy atom. The van der Waals surface area contributed by atoms with Gasteiger partial charge in [-0.3, -0.25) is 4.79 Å². The molecule has 0 bridgehead atoms. The monoisotopic (exact) mass is 291 g/mol. The summed E-state index contributed by atoms with van der Waals surface area (Å²) in [5.41, 5.74) is 1.00. The third kappa shape index (κ3) is 5.34. The van der Waals surface area contributed by atoms with Crippen molar-refractivity contribution in [1.82, 2.24) is 15.6 Å². The number of nitrogens with one attached hydrogen (secondary N) is 2. The van der Waals surface area contributed by atoms with Crippen LogP contribution in [0.4, 0.5) is 0 Å². The van der Waals surface area contributed by atoms with Gasteiger partial charge in [-0.1, -0.05) is 12.8 Å². The molecule has 0 radical (unpaired) electrons. The smallest absolute Gasteiger partial charge is 0.237 e. The van der Waals surface area contributed by atoms with Crippen LogP contribution in [-0.2, 0) is 11.3 Å². The van der Waals surface area contributed by atoms with Crippen LogP contribution in [0, 0.1) is 0 Å². The van der Waals surface area contributed by atoms with Crippen LogP contribution in [0.3, 0.4) is 0 Å². The molecule has 0 aromatic carbocycles. The van der Waals surface area contributed by atoms with E-state index in [9.17, 15) is 4.79 Å². The molecule has 2 N–H and O–H groups in total. The summed E-state index contributed by atoms with van der Waals surface area (Å²) in [7, 11) is 0. The second-order valence-electron chi connectivity index (χ2n) is 5.74. The number of ether oxygens (including phenoxy) is 1. The maximum absolute atomic E-state index is 12.2. The second-order valence-corrected chi connectivity index (χ2v) is 5.74. The Bertz CT molecular complexity index is 455. The van der Waals surface area contributed by atoms with Crippen LogP contribution in [0.2, 0.25) is 0 Å². The normalized spacial score (nSPS) is 19.1. The number of hydrogen-bond acceptors (Lipinski definition) is 4. The molecule has 1 fully saturated rings. The molecular formula is C16H25N3O2. The minimum atomic E-state index is -0.0549. The van der Waals surface area contributed by atoms with Crippen LogP contribution >= 0.6 is 0 Å². The molecule has 1 saturated heterocycles. The van der Waals surface area contributed by atoms with E-state index in [0.29, 0.717) is 12.4 Å². The van der Waals surface area contributed by atoms with Crippen molar-refractivity contribution in [3.8, 4) is 5.88 Å². The van der Waals surface area contributed by atoms with Crippen molar-refractivity contribution in [3.63, 3.8) is 0 Å². The van der Waals surface area contributed by atoms with E-state index in [1.165, 1.54) is 6.42 Å². The van der Waals surface area contributed by atoms with Gasteiger partial charge in [-0.25, -0.2) is 4.98 Å². The average Bonchev–Trinajstić information content (AvgIpc) is 2.73. The van der Waals surface area contributed by atoms with E-state index in [1.807, 2.05) is 26.0 Å². The number of nitrogens with zero attached hydrogens (tertiary/aromatic N) is 1. The standard InChI is InChI=1S/C16H25N3O2/c1-12(2)21-15-10-13(7-9-18-15)11-19-16(20)14-6-4-3-5-8-17-14/h7,9-10,12,14,17H,3-6,8,11H2,1-2H3,(H,19,20). The fourth-order valence-corrected chi connectivity index (χ4v) is 2.43. The topological polar surface area (TPSA) is 63.2 Å². The molecule has 1 atom stereocenters. The summed E-state index contributed by atoms with van der Waals surface area (Å²) in [5.74, 6) is 0.685. The molecule has 21 heavy (non-hydrogen) atoms. The van der Waals surface area contributed by atoms with Gasteiger partial charge in [0.1, 0.15) is 0 Å². The predicted octanol–water partition coefficient (Wildman–Crippen LogP) is 2.02. The Labute approximate surface area is 126 Å². The molecule has 0 spiro atoms. The molecule has 5 nitrogen and oxygen atoms in total. The van der Waals surface area contributed by atoms with Crippen LogP contribution in [0.1, 0.15) is 45.1 Å². The van der Waals surface area contributed by atoms with Crippen molar-refractivity contribution in [3.05, 3.63) is 23.9 Å². The van der Waals surface area contributed by atoms with Crippen LogP contribution in [0.15, 0.2) is 18.3 Å². The lowest BCUT2D eigenvalue weighted by atomic mass is 10.1. The summed E-state index contributed by atoms with van der Waals surface area (Å²) in [4.78, 5) is 16.3. The lowest BCUT2D eigenvalue weighted by Gasteiger charge is -2.16. The van der Waals surface area contributed by atoms with Gasteiger partial charge in [0.05, 0.1) is 12.1 Å². The maximum Gasteiger partial charge on any atom is 0.237 e. The van der Waals surface area contributed by atoms with E-state index in [1.54, 1.807) is 6.20 Å². The lowest BCUT2D eigenvalue weighted by Crippen LogP contribution is -2.43. The number of carbonyl (C=O) groups is 1. The molecule has 1 amide bonds. The minimum Gasteiger partial charge on any atom is -0.475 e. The number of amides is 1. The van der Waals surface area contributed by atoms with Crippen molar-refractivity contribution < 1.29 is 9.53 Å². The molecule has 1 aliphatic rings. The van der Waals surface area contributed by atoms with Crippen LogP contribution in [0.5, 0.6) is 5.88 Å². The second kappa shape index (κ2) is 7.98. The fourth-order valence-electron chi connectivity index (χ4n) is 2.43. The van der Waals surface area contributed by atoms with Crippen molar-refractivity contribution in [2.45, 2.75) is 58.2 Å². The van der Waals surface area contributed by atoms with Crippen LogP contribution in [-0.4, -0.2) is 29.6 Å². The van der Waals surface area contributed by atoms with Gasteiger partial charge >= 0.3 is 0 Å². The molecule has 1 unspecified atom stereocenters. The van der Waals surface area contributed by atoms with Gasteiger partial charge in [0, 0.05) is 18.8 Å². The van der Waals surface area contributed by atoms with Gasteiger partial charge < -0.3 is 15.4 Å². The highest BCUT2D eigenvalue weighted by molar-refractivity contribution is 5.81. The molecule has 5 heteroatoms. The van der Waals surface area contributed by atoms with Gasteiger partial charge in [-0.2, -0.15) is 0 Å². The molecule has 116 valence electrons. The largest absolute Gasteiger partial charge is 0.475 e. The van der Waals surface area contributed by atoms with E-state index in [2.05, 4.69) is 15.6 Å². The highest BCUT2D eigenvalue weighted by Gasteiger charge is 2.18.